The topological polar surface area (TPSA) is 64.7 Å². The average molecular weight is 627 g/mol. The first-order chi connectivity index (χ1) is 24.3. The van der Waals surface area contributed by atoms with Gasteiger partial charge in [-0.1, -0.05) is 121 Å². The van der Waals surface area contributed by atoms with Gasteiger partial charge in [-0.05, 0) is 67.7 Å². The summed E-state index contributed by atoms with van der Waals surface area (Å²) in [5.41, 5.74) is 6.31. The zero-order valence-corrected chi connectivity index (χ0v) is 26.2. The normalized spacial score (nSPS) is 11.7. The molecule has 0 fully saturated rings. The van der Waals surface area contributed by atoms with E-state index in [2.05, 4.69) is 83.8 Å². The summed E-state index contributed by atoms with van der Waals surface area (Å²) in [7, 11) is 0. The van der Waals surface area contributed by atoms with E-state index < -0.39 is 0 Å². The summed E-state index contributed by atoms with van der Waals surface area (Å²) < 4.78 is 6.51. The van der Waals surface area contributed by atoms with E-state index in [-0.39, 0.29) is 0 Å². The van der Waals surface area contributed by atoms with Crippen LogP contribution in [0.1, 0.15) is 0 Å². The number of benzene rings is 7. The van der Waals surface area contributed by atoms with Gasteiger partial charge < -0.3 is 4.42 Å². The van der Waals surface area contributed by atoms with E-state index >= 15 is 0 Å². The molecule has 3 aromatic heterocycles. The summed E-state index contributed by atoms with van der Waals surface area (Å²) in [5.74, 6) is 1.79. The molecule has 0 atom stereocenters. The van der Waals surface area contributed by atoms with Crippen LogP contribution in [-0.4, -0.2) is 19.9 Å². The lowest BCUT2D eigenvalue weighted by atomic mass is 9.93. The lowest BCUT2D eigenvalue weighted by Gasteiger charge is -2.12. The number of pyridine rings is 1. The molecule has 0 aliphatic heterocycles. The molecular formula is C44H26N4O. The Kier molecular flexibility index (Phi) is 6.11. The molecule has 7 aromatic carbocycles. The second-order valence-corrected chi connectivity index (χ2v) is 12.3. The van der Waals surface area contributed by atoms with Crippen LogP contribution in [0.2, 0.25) is 0 Å². The summed E-state index contributed by atoms with van der Waals surface area (Å²) >= 11 is 0. The number of hydrogen-bond donors (Lipinski definition) is 0. The molecule has 0 unspecified atom stereocenters. The molecule has 5 heteroatoms. The van der Waals surface area contributed by atoms with Crippen molar-refractivity contribution in [3.8, 4) is 45.3 Å². The molecule has 0 aliphatic rings. The van der Waals surface area contributed by atoms with Crippen LogP contribution in [0.3, 0.4) is 0 Å². The van der Waals surface area contributed by atoms with E-state index in [4.69, 9.17) is 19.4 Å². The van der Waals surface area contributed by atoms with Gasteiger partial charge in [-0.25, -0.2) is 15.0 Å². The zero-order valence-electron chi connectivity index (χ0n) is 26.2. The molecule has 0 spiro atoms. The van der Waals surface area contributed by atoms with Gasteiger partial charge >= 0.3 is 0 Å². The monoisotopic (exact) mass is 626 g/mol. The number of fused-ring (bicyclic) bond motifs is 8. The smallest absolute Gasteiger partial charge is 0.164 e. The van der Waals surface area contributed by atoms with Crippen LogP contribution in [0.15, 0.2) is 162 Å². The molecule has 0 amide bonds. The predicted molar refractivity (Wildman–Crippen MR) is 199 cm³/mol. The summed E-state index contributed by atoms with van der Waals surface area (Å²) in [4.78, 5) is 19.6. The van der Waals surface area contributed by atoms with Crippen molar-refractivity contribution in [1.82, 2.24) is 19.9 Å². The van der Waals surface area contributed by atoms with E-state index in [1.807, 2.05) is 72.9 Å². The van der Waals surface area contributed by atoms with E-state index in [9.17, 15) is 0 Å². The predicted octanol–water partition coefficient (Wildman–Crippen LogP) is 11.3. The van der Waals surface area contributed by atoms with E-state index in [0.29, 0.717) is 17.5 Å². The van der Waals surface area contributed by atoms with Crippen molar-refractivity contribution in [2.45, 2.75) is 0 Å². The maximum absolute atomic E-state index is 6.51. The first kappa shape index (κ1) is 27.4. The fourth-order valence-corrected chi connectivity index (χ4v) is 7.03. The Labute approximate surface area is 281 Å². The lowest BCUT2D eigenvalue weighted by molar-refractivity contribution is 0.668. The molecule has 0 N–H and O–H groups in total. The van der Waals surface area contributed by atoms with Crippen molar-refractivity contribution in [3.05, 3.63) is 158 Å². The van der Waals surface area contributed by atoms with Gasteiger partial charge in [0.05, 0.1) is 0 Å². The van der Waals surface area contributed by atoms with Gasteiger partial charge in [0.2, 0.25) is 0 Å². The lowest BCUT2D eigenvalue weighted by Crippen LogP contribution is -2.00. The quantitative estimate of drug-likeness (QED) is 0.182. The molecule has 228 valence electrons. The summed E-state index contributed by atoms with van der Waals surface area (Å²) in [5, 5.41) is 9.19. The molecule has 0 saturated carbocycles. The molecule has 0 radical (unpaired) electrons. The minimum atomic E-state index is 0.573. The van der Waals surface area contributed by atoms with Gasteiger partial charge in [0.15, 0.2) is 17.5 Å². The van der Waals surface area contributed by atoms with Gasteiger partial charge in [-0.3, -0.25) is 4.98 Å². The third-order valence-electron chi connectivity index (χ3n) is 9.37. The van der Waals surface area contributed by atoms with Gasteiger partial charge in [0.25, 0.3) is 0 Å². The van der Waals surface area contributed by atoms with Crippen LogP contribution >= 0.6 is 0 Å². The number of furan rings is 1. The molecule has 49 heavy (non-hydrogen) atoms. The Hall–Kier alpha value is -6.72. The molecule has 10 aromatic rings. The third kappa shape index (κ3) is 4.55. The minimum Gasteiger partial charge on any atom is -0.456 e. The molecule has 0 saturated heterocycles. The van der Waals surface area contributed by atoms with Crippen LogP contribution in [0.25, 0.3) is 99.5 Å². The molecule has 5 nitrogen and oxygen atoms in total. The molecule has 3 heterocycles. The van der Waals surface area contributed by atoms with Crippen LogP contribution in [0.4, 0.5) is 0 Å². The van der Waals surface area contributed by atoms with Crippen LogP contribution in [0, 0.1) is 0 Å². The molecular weight excluding hydrogens is 601 g/mol. The molecule has 0 aliphatic carbocycles. The van der Waals surface area contributed by atoms with Crippen molar-refractivity contribution < 1.29 is 4.42 Å². The number of rotatable bonds is 4. The van der Waals surface area contributed by atoms with Crippen LogP contribution in [-0.2, 0) is 0 Å². The van der Waals surface area contributed by atoms with Crippen molar-refractivity contribution in [2.75, 3.05) is 0 Å². The Balaban J connectivity index is 1.26. The van der Waals surface area contributed by atoms with Gasteiger partial charge in [0, 0.05) is 39.9 Å². The molecule has 10 rings (SSSR count). The summed E-state index contributed by atoms with van der Waals surface area (Å²) in [6.07, 6.45) is 3.61. The minimum absolute atomic E-state index is 0.573. The molecule has 0 bridgehead atoms. The highest BCUT2D eigenvalue weighted by atomic mass is 16.3. The number of nitrogens with zero attached hydrogens (tertiary/aromatic N) is 4. The Morgan fingerprint density at radius 1 is 0.388 bits per heavy atom. The van der Waals surface area contributed by atoms with Crippen molar-refractivity contribution in [3.63, 3.8) is 0 Å². The Bertz CT molecular complexity index is 2820. The SMILES string of the molecule is c1ccc(-c2nc(-c3ccccc3)nc(-c3cc(-c4ccc5ccc6ccc7ccccc7c6c5c4)cc4oc5ccncc5c34)n2)cc1. The van der Waals surface area contributed by atoms with Crippen molar-refractivity contribution in [2.24, 2.45) is 0 Å². The fourth-order valence-electron chi connectivity index (χ4n) is 7.03. The van der Waals surface area contributed by atoms with E-state index in [1.165, 1.54) is 32.3 Å². The third-order valence-corrected chi connectivity index (χ3v) is 9.37. The largest absolute Gasteiger partial charge is 0.456 e. The van der Waals surface area contributed by atoms with E-state index in [0.717, 1.165) is 49.8 Å². The summed E-state index contributed by atoms with van der Waals surface area (Å²) in [6.45, 7) is 0. The maximum atomic E-state index is 6.51. The number of aromatic nitrogens is 4. The van der Waals surface area contributed by atoms with Crippen molar-refractivity contribution in [1.29, 1.82) is 0 Å². The van der Waals surface area contributed by atoms with Gasteiger partial charge in [-0.2, -0.15) is 0 Å². The second-order valence-electron chi connectivity index (χ2n) is 12.3. The van der Waals surface area contributed by atoms with Gasteiger partial charge in [-0.15, -0.1) is 0 Å². The highest BCUT2D eigenvalue weighted by Crippen LogP contribution is 2.41. The second kappa shape index (κ2) is 10.9. The first-order valence-electron chi connectivity index (χ1n) is 16.3. The van der Waals surface area contributed by atoms with Crippen LogP contribution < -0.4 is 0 Å². The Morgan fingerprint density at radius 2 is 1.02 bits per heavy atom. The fraction of sp³-hybridized carbons (Fsp3) is 0. The number of hydrogen-bond acceptors (Lipinski definition) is 5. The first-order valence-corrected chi connectivity index (χ1v) is 16.3. The highest BCUT2D eigenvalue weighted by molar-refractivity contribution is 6.21. The van der Waals surface area contributed by atoms with Gasteiger partial charge in [0.1, 0.15) is 11.2 Å². The van der Waals surface area contributed by atoms with E-state index in [1.54, 1.807) is 6.20 Å². The maximum Gasteiger partial charge on any atom is 0.164 e. The standard InChI is InChI=1S/C44H26N4O/c1-3-10-30(11-4-1)42-46-43(31-12-5-2-6-13-31)48-44(47-42)36-24-33(25-39-41(36)37-26-45-22-21-38(37)49-39)32-20-17-28-16-19-29-18-15-27-9-7-8-14-34(27)40(29)35(28)23-32/h1-26H. The zero-order chi connectivity index (χ0) is 32.3. The van der Waals surface area contributed by atoms with Crippen molar-refractivity contribution >= 4 is 54.3 Å². The summed E-state index contributed by atoms with van der Waals surface area (Å²) in [6, 6.07) is 50.5. The average Bonchev–Trinajstić information content (AvgIpc) is 3.56. The Morgan fingerprint density at radius 3 is 1.78 bits per heavy atom. The highest BCUT2D eigenvalue weighted by Gasteiger charge is 2.20. The van der Waals surface area contributed by atoms with Crippen LogP contribution in [0.5, 0.6) is 0 Å².